The van der Waals surface area contributed by atoms with Gasteiger partial charge in [0.25, 0.3) is 0 Å². The Morgan fingerprint density at radius 3 is 2.78 bits per heavy atom. The third-order valence-corrected chi connectivity index (χ3v) is 4.42. The minimum atomic E-state index is 0.506. The van der Waals surface area contributed by atoms with Gasteiger partial charge in [-0.3, -0.25) is 4.68 Å². The van der Waals surface area contributed by atoms with Crippen LogP contribution in [0.3, 0.4) is 0 Å². The molecule has 2 atom stereocenters. The minimum Gasteiger partial charge on any atom is -0.308 e. The molecule has 0 aromatic carbocycles. The van der Waals surface area contributed by atoms with Crippen LogP contribution in [0.4, 0.5) is 0 Å². The van der Waals surface area contributed by atoms with Gasteiger partial charge in [0.05, 0.1) is 5.69 Å². The van der Waals surface area contributed by atoms with Crippen LogP contribution in [0.2, 0.25) is 0 Å². The van der Waals surface area contributed by atoms with Crippen molar-refractivity contribution in [2.75, 3.05) is 0 Å². The van der Waals surface area contributed by atoms with Gasteiger partial charge in [-0.05, 0) is 45.1 Å². The fourth-order valence-electron chi connectivity index (χ4n) is 2.79. The summed E-state index contributed by atoms with van der Waals surface area (Å²) in [5.74, 6) is 0.877. The summed E-state index contributed by atoms with van der Waals surface area (Å²) in [7, 11) is 0. The van der Waals surface area contributed by atoms with E-state index in [0.29, 0.717) is 12.1 Å². The van der Waals surface area contributed by atoms with E-state index in [4.69, 9.17) is 0 Å². The summed E-state index contributed by atoms with van der Waals surface area (Å²) in [5.41, 5.74) is 1.17. The lowest BCUT2D eigenvalue weighted by Crippen LogP contribution is -2.31. The molecule has 0 saturated heterocycles. The molecule has 1 heterocycles. The molecular formula is C15H27N3. The predicted octanol–water partition coefficient (Wildman–Crippen LogP) is 3.52. The molecule has 1 aromatic heterocycles. The number of aromatic nitrogens is 2. The molecule has 1 unspecified atom stereocenters. The smallest absolute Gasteiger partial charge is 0.0762 e. The van der Waals surface area contributed by atoms with Crippen molar-refractivity contribution in [2.24, 2.45) is 5.92 Å². The Hall–Kier alpha value is -0.830. The molecule has 1 aromatic rings. The first kappa shape index (κ1) is 13.6. The number of hydrogen-bond acceptors (Lipinski definition) is 2. The van der Waals surface area contributed by atoms with Crippen molar-refractivity contribution in [3.8, 4) is 0 Å². The zero-order valence-corrected chi connectivity index (χ0v) is 12.0. The second-order valence-electron chi connectivity index (χ2n) is 5.76. The van der Waals surface area contributed by atoms with Crippen LogP contribution in [0.25, 0.3) is 0 Å². The van der Waals surface area contributed by atoms with E-state index in [1.807, 2.05) is 0 Å². The summed E-state index contributed by atoms with van der Waals surface area (Å²) in [6.07, 6.45) is 8.86. The van der Waals surface area contributed by atoms with E-state index in [1.165, 1.54) is 31.4 Å². The fourth-order valence-corrected chi connectivity index (χ4v) is 2.79. The van der Waals surface area contributed by atoms with Crippen LogP contribution in [-0.4, -0.2) is 15.8 Å². The predicted molar refractivity (Wildman–Crippen MR) is 75.5 cm³/mol. The molecule has 1 N–H and O–H groups in total. The quantitative estimate of drug-likeness (QED) is 0.836. The van der Waals surface area contributed by atoms with Gasteiger partial charge < -0.3 is 5.32 Å². The van der Waals surface area contributed by atoms with Gasteiger partial charge in [0.15, 0.2) is 0 Å². The van der Waals surface area contributed by atoms with Crippen LogP contribution in [0.5, 0.6) is 0 Å². The number of nitrogens with zero attached hydrogens (tertiary/aromatic N) is 2. The van der Waals surface area contributed by atoms with Crippen LogP contribution < -0.4 is 5.32 Å². The van der Waals surface area contributed by atoms with Gasteiger partial charge in [0.2, 0.25) is 0 Å². The first-order chi connectivity index (χ1) is 8.70. The Bertz CT molecular complexity index is 352. The van der Waals surface area contributed by atoms with Gasteiger partial charge in [-0.15, -0.1) is 0 Å². The molecule has 0 bridgehead atoms. The lowest BCUT2D eigenvalue weighted by atomic mass is 10.00. The average molecular weight is 249 g/mol. The second-order valence-corrected chi connectivity index (χ2v) is 5.76. The number of nitrogens with one attached hydrogen (secondary N) is 1. The standard InChI is InChI=1S/C15H27N3/c1-4-12(2)18-10-9-15(17-18)11-16-13(3)14-7-5-6-8-14/h9-10,12-14,16H,4-8,11H2,1-3H3/t12?,13-/m0/s1. The molecule has 0 amide bonds. The summed E-state index contributed by atoms with van der Waals surface area (Å²) in [4.78, 5) is 0. The number of hydrogen-bond donors (Lipinski definition) is 1. The largest absolute Gasteiger partial charge is 0.308 e. The zero-order chi connectivity index (χ0) is 13.0. The third kappa shape index (κ3) is 3.35. The van der Waals surface area contributed by atoms with Gasteiger partial charge in [-0.25, -0.2) is 0 Å². The van der Waals surface area contributed by atoms with Crippen molar-refractivity contribution in [1.29, 1.82) is 0 Å². The molecule has 0 radical (unpaired) electrons. The molecular weight excluding hydrogens is 222 g/mol. The van der Waals surface area contributed by atoms with Crippen LogP contribution in [-0.2, 0) is 6.54 Å². The molecule has 102 valence electrons. The van der Waals surface area contributed by atoms with Crippen LogP contribution in [0.15, 0.2) is 12.3 Å². The van der Waals surface area contributed by atoms with E-state index in [-0.39, 0.29) is 0 Å². The fraction of sp³-hybridized carbons (Fsp3) is 0.800. The van der Waals surface area contributed by atoms with Crippen molar-refractivity contribution >= 4 is 0 Å². The Morgan fingerprint density at radius 2 is 2.11 bits per heavy atom. The van der Waals surface area contributed by atoms with Gasteiger partial charge in [-0.2, -0.15) is 5.10 Å². The monoisotopic (exact) mass is 249 g/mol. The first-order valence-electron chi connectivity index (χ1n) is 7.48. The Morgan fingerprint density at radius 1 is 1.39 bits per heavy atom. The first-order valence-corrected chi connectivity index (χ1v) is 7.48. The zero-order valence-electron chi connectivity index (χ0n) is 12.0. The van der Waals surface area contributed by atoms with Crippen molar-refractivity contribution in [2.45, 2.75) is 71.5 Å². The molecule has 3 nitrogen and oxygen atoms in total. The van der Waals surface area contributed by atoms with Gasteiger partial charge in [0, 0.05) is 24.8 Å². The lowest BCUT2D eigenvalue weighted by molar-refractivity contribution is 0.377. The van der Waals surface area contributed by atoms with Gasteiger partial charge in [-0.1, -0.05) is 19.8 Å². The van der Waals surface area contributed by atoms with E-state index in [0.717, 1.165) is 18.9 Å². The van der Waals surface area contributed by atoms with Crippen LogP contribution in [0.1, 0.15) is 64.6 Å². The molecule has 3 heteroatoms. The van der Waals surface area contributed by atoms with Gasteiger partial charge in [0.1, 0.15) is 0 Å². The topological polar surface area (TPSA) is 29.9 Å². The third-order valence-electron chi connectivity index (χ3n) is 4.42. The Kier molecular flexibility index (Phi) is 4.81. The van der Waals surface area contributed by atoms with E-state index in [9.17, 15) is 0 Å². The number of rotatable bonds is 6. The average Bonchev–Trinajstić information content (AvgIpc) is 3.05. The summed E-state index contributed by atoms with van der Waals surface area (Å²) in [6, 6.07) is 3.27. The molecule has 18 heavy (non-hydrogen) atoms. The minimum absolute atomic E-state index is 0.506. The summed E-state index contributed by atoms with van der Waals surface area (Å²) in [5, 5.41) is 8.27. The molecule has 1 fully saturated rings. The molecule has 0 aliphatic heterocycles. The van der Waals surface area contributed by atoms with E-state index in [2.05, 4.69) is 48.1 Å². The molecule has 1 aliphatic carbocycles. The van der Waals surface area contributed by atoms with Crippen molar-refractivity contribution in [1.82, 2.24) is 15.1 Å². The highest BCUT2D eigenvalue weighted by molar-refractivity contribution is 4.99. The van der Waals surface area contributed by atoms with E-state index >= 15 is 0 Å². The second kappa shape index (κ2) is 6.37. The highest BCUT2D eigenvalue weighted by Gasteiger charge is 2.21. The Labute approximate surface area is 111 Å². The highest BCUT2D eigenvalue weighted by Crippen LogP contribution is 2.27. The lowest BCUT2D eigenvalue weighted by Gasteiger charge is -2.19. The van der Waals surface area contributed by atoms with Crippen molar-refractivity contribution < 1.29 is 0 Å². The van der Waals surface area contributed by atoms with Crippen LogP contribution >= 0.6 is 0 Å². The summed E-state index contributed by atoms with van der Waals surface area (Å²) in [6.45, 7) is 7.64. The molecule has 0 spiro atoms. The maximum absolute atomic E-state index is 4.63. The molecule has 2 rings (SSSR count). The van der Waals surface area contributed by atoms with Crippen molar-refractivity contribution in [3.05, 3.63) is 18.0 Å². The maximum Gasteiger partial charge on any atom is 0.0762 e. The molecule has 1 saturated carbocycles. The summed E-state index contributed by atoms with van der Waals surface area (Å²) >= 11 is 0. The van der Waals surface area contributed by atoms with Crippen LogP contribution in [0, 0.1) is 5.92 Å². The Balaban J connectivity index is 1.80. The van der Waals surface area contributed by atoms with Crippen molar-refractivity contribution in [3.63, 3.8) is 0 Å². The van der Waals surface area contributed by atoms with E-state index < -0.39 is 0 Å². The normalized spacial score (nSPS) is 20.2. The van der Waals surface area contributed by atoms with Gasteiger partial charge >= 0.3 is 0 Å². The summed E-state index contributed by atoms with van der Waals surface area (Å²) < 4.78 is 2.08. The highest BCUT2D eigenvalue weighted by atomic mass is 15.3. The molecule has 1 aliphatic rings. The maximum atomic E-state index is 4.63. The SMILES string of the molecule is CCC(C)n1ccc(CN[C@@H](C)C2CCCC2)n1. The van der Waals surface area contributed by atoms with E-state index in [1.54, 1.807) is 0 Å².